The van der Waals surface area contributed by atoms with Gasteiger partial charge in [0.05, 0.1) is 16.8 Å². The molecule has 0 aliphatic rings. The average Bonchev–Trinajstić information content (AvgIpc) is 3.16. The third-order valence-electron chi connectivity index (χ3n) is 4.26. The normalized spacial score (nSPS) is 10.8. The molecule has 0 spiro atoms. The summed E-state index contributed by atoms with van der Waals surface area (Å²) < 4.78 is 7.39. The minimum atomic E-state index is -0.447. The largest absolute Gasteiger partial charge is 0.483 e. The lowest BCUT2D eigenvalue weighted by Gasteiger charge is -2.10. The van der Waals surface area contributed by atoms with E-state index in [1.807, 2.05) is 44.2 Å². The van der Waals surface area contributed by atoms with Crippen LogP contribution in [0.2, 0.25) is 0 Å². The molecule has 0 radical (unpaired) electrons. The van der Waals surface area contributed by atoms with Crippen LogP contribution >= 0.6 is 0 Å². The van der Waals surface area contributed by atoms with Crippen molar-refractivity contribution in [2.75, 3.05) is 6.61 Å². The van der Waals surface area contributed by atoms with E-state index >= 15 is 0 Å². The number of hydrogen-bond acceptors (Lipinski definition) is 5. The number of aromatic nitrogens is 1. The van der Waals surface area contributed by atoms with Crippen molar-refractivity contribution in [3.8, 4) is 11.4 Å². The van der Waals surface area contributed by atoms with Crippen molar-refractivity contribution in [2.24, 2.45) is 5.10 Å². The molecule has 0 saturated heterocycles. The molecule has 29 heavy (non-hydrogen) atoms. The lowest BCUT2D eigenvalue weighted by Crippen LogP contribution is -2.25. The van der Waals surface area contributed by atoms with Crippen LogP contribution in [0.15, 0.2) is 65.9 Å². The molecule has 1 amide bonds. The van der Waals surface area contributed by atoms with Gasteiger partial charge < -0.3 is 9.30 Å². The second kappa shape index (κ2) is 8.83. The van der Waals surface area contributed by atoms with Crippen molar-refractivity contribution in [2.45, 2.75) is 13.8 Å². The maximum atomic E-state index is 12.0. The van der Waals surface area contributed by atoms with E-state index in [0.717, 1.165) is 16.8 Å². The number of nitro benzene ring substituents is 1. The lowest BCUT2D eigenvalue weighted by molar-refractivity contribution is -0.384. The van der Waals surface area contributed by atoms with Crippen LogP contribution in [-0.2, 0) is 4.79 Å². The summed E-state index contributed by atoms with van der Waals surface area (Å²) in [6, 6.07) is 15.6. The molecule has 0 aliphatic heterocycles. The Morgan fingerprint density at radius 3 is 2.48 bits per heavy atom. The fraction of sp³-hybridized carbons (Fsp3) is 0.143. The zero-order valence-corrected chi connectivity index (χ0v) is 16.0. The summed E-state index contributed by atoms with van der Waals surface area (Å²) in [6.45, 7) is 3.70. The number of ether oxygens (including phenoxy) is 1. The fourth-order valence-electron chi connectivity index (χ4n) is 2.84. The number of para-hydroxylation sites is 1. The van der Waals surface area contributed by atoms with Gasteiger partial charge in [-0.3, -0.25) is 14.9 Å². The minimum Gasteiger partial charge on any atom is -0.483 e. The molecule has 8 heteroatoms. The van der Waals surface area contributed by atoms with Crippen LogP contribution in [0.25, 0.3) is 5.69 Å². The van der Waals surface area contributed by atoms with Crippen molar-refractivity contribution in [1.29, 1.82) is 0 Å². The molecule has 3 rings (SSSR count). The number of amides is 1. The van der Waals surface area contributed by atoms with E-state index < -0.39 is 4.92 Å². The zero-order valence-electron chi connectivity index (χ0n) is 16.0. The summed E-state index contributed by atoms with van der Waals surface area (Å²) in [5, 5.41) is 14.7. The molecule has 148 valence electrons. The highest BCUT2D eigenvalue weighted by molar-refractivity contribution is 5.82. The van der Waals surface area contributed by atoms with Crippen molar-refractivity contribution >= 4 is 17.8 Å². The molecular formula is C21H20N4O4. The number of rotatable bonds is 7. The number of benzene rings is 2. The van der Waals surface area contributed by atoms with Crippen molar-refractivity contribution in [1.82, 2.24) is 9.99 Å². The first kappa shape index (κ1) is 19.8. The number of hydrogen-bond donors (Lipinski definition) is 1. The van der Waals surface area contributed by atoms with E-state index in [0.29, 0.717) is 11.4 Å². The number of carbonyl (C=O) groups excluding carboxylic acids is 1. The van der Waals surface area contributed by atoms with Crippen LogP contribution in [0.3, 0.4) is 0 Å². The second-order valence-corrected chi connectivity index (χ2v) is 6.38. The van der Waals surface area contributed by atoms with Crippen LogP contribution in [0.1, 0.15) is 16.8 Å². The summed E-state index contributed by atoms with van der Waals surface area (Å²) in [6.07, 6.45) is 3.30. The molecular weight excluding hydrogens is 372 g/mol. The Morgan fingerprint density at radius 2 is 1.83 bits per heavy atom. The van der Waals surface area contributed by atoms with E-state index in [4.69, 9.17) is 4.74 Å². The average molecular weight is 392 g/mol. The van der Waals surface area contributed by atoms with Gasteiger partial charge >= 0.3 is 0 Å². The van der Waals surface area contributed by atoms with E-state index in [1.54, 1.807) is 22.9 Å². The van der Waals surface area contributed by atoms with Crippen LogP contribution in [-0.4, -0.2) is 28.2 Å². The van der Waals surface area contributed by atoms with Crippen LogP contribution in [0, 0.1) is 24.0 Å². The van der Waals surface area contributed by atoms with Crippen molar-refractivity contribution in [3.63, 3.8) is 0 Å². The highest BCUT2D eigenvalue weighted by Crippen LogP contribution is 2.22. The van der Waals surface area contributed by atoms with Gasteiger partial charge in [-0.05, 0) is 49.2 Å². The van der Waals surface area contributed by atoms with Gasteiger partial charge in [0, 0.05) is 24.0 Å². The topological polar surface area (TPSA) is 98.8 Å². The molecule has 3 aromatic rings. The number of aryl methyl sites for hydroxylation is 2. The van der Waals surface area contributed by atoms with Crippen LogP contribution < -0.4 is 10.2 Å². The van der Waals surface area contributed by atoms with E-state index in [-0.39, 0.29) is 18.2 Å². The van der Waals surface area contributed by atoms with E-state index in [9.17, 15) is 14.9 Å². The molecule has 0 fully saturated rings. The Bertz CT molecular complexity index is 1030. The Morgan fingerprint density at radius 1 is 1.14 bits per heavy atom. The lowest BCUT2D eigenvalue weighted by atomic mass is 10.1. The molecule has 8 nitrogen and oxygen atoms in total. The van der Waals surface area contributed by atoms with Gasteiger partial charge in [0.25, 0.3) is 11.6 Å². The zero-order chi connectivity index (χ0) is 20.8. The number of nitro groups is 1. The quantitative estimate of drug-likeness (QED) is 0.378. The summed E-state index contributed by atoms with van der Waals surface area (Å²) in [4.78, 5) is 22.3. The summed E-state index contributed by atoms with van der Waals surface area (Å²) in [5.74, 6) is 0.316. The van der Waals surface area contributed by atoms with Gasteiger partial charge in [0.2, 0.25) is 0 Å². The van der Waals surface area contributed by atoms with Gasteiger partial charge in [-0.2, -0.15) is 5.10 Å². The van der Waals surface area contributed by atoms with Gasteiger partial charge in [0.15, 0.2) is 6.61 Å². The molecule has 1 N–H and O–H groups in total. The maximum absolute atomic E-state index is 12.0. The number of nitrogens with zero attached hydrogens (tertiary/aromatic N) is 3. The fourth-order valence-corrected chi connectivity index (χ4v) is 2.84. The number of carbonyl (C=O) groups is 1. The maximum Gasteiger partial charge on any atom is 0.277 e. The molecule has 0 bridgehead atoms. The first-order valence-corrected chi connectivity index (χ1v) is 8.89. The number of nitrogens with one attached hydrogen (secondary N) is 1. The number of non-ortho nitro benzene ring substituents is 1. The third kappa shape index (κ3) is 4.86. The predicted molar refractivity (Wildman–Crippen MR) is 110 cm³/mol. The smallest absolute Gasteiger partial charge is 0.277 e. The summed E-state index contributed by atoms with van der Waals surface area (Å²) in [7, 11) is 0. The highest BCUT2D eigenvalue weighted by Gasteiger charge is 2.08. The first-order chi connectivity index (χ1) is 14.0. The Labute approximate surface area is 167 Å². The summed E-state index contributed by atoms with van der Waals surface area (Å²) in [5.41, 5.74) is 5.82. The van der Waals surface area contributed by atoms with Crippen molar-refractivity contribution in [3.05, 3.63) is 87.7 Å². The van der Waals surface area contributed by atoms with Crippen LogP contribution in [0.4, 0.5) is 5.69 Å². The molecule has 0 aliphatic carbocycles. The Balaban J connectivity index is 1.60. The SMILES string of the molecule is Cc1cccc(C)c1OCC(=O)NN=Cc1cccn1-c1ccc([N+](=O)[O-])cc1. The van der Waals surface area contributed by atoms with Crippen molar-refractivity contribution < 1.29 is 14.5 Å². The molecule has 0 saturated carbocycles. The Kier molecular flexibility index (Phi) is 6.03. The standard InChI is InChI=1S/C21H20N4O4/c1-15-5-3-6-16(2)21(15)29-14-20(26)23-22-13-19-7-4-12-24(19)17-8-10-18(11-9-17)25(27)28/h3-13H,14H2,1-2H3,(H,23,26). The monoisotopic (exact) mass is 392 g/mol. The van der Waals surface area contributed by atoms with Crippen LogP contribution in [0.5, 0.6) is 5.75 Å². The molecule has 2 aromatic carbocycles. The van der Waals surface area contributed by atoms with E-state index in [2.05, 4.69) is 10.5 Å². The molecule has 0 atom stereocenters. The molecule has 0 unspecified atom stereocenters. The summed E-state index contributed by atoms with van der Waals surface area (Å²) >= 11 is 0. The Hall–Kier alpha value is -3.94. The van der Waals surface area contributed by atoms with Gasteiger partial charge in [0.1, 0.15) is 5.75 Å². The molecule has 1 heterocycles. The second-order valence-electron chi connectivity index (χ2n) is 6.38. The predicted octanol–water partition coefficient (Wildman–Crippen LogP) is 3.53. The minimum absolute atomic E-state index is 0.0206. The third-order valence-corrected chi connectivity index (χ3v) is 4.26. The van der Waals surface area contributed by atoms with Gasteiger partial charge in [-0.15, -0.1) is 0 Å². The number of hydrazone groups is 1. The first-order valence-electron chi connectivity index (χ1n) is 8.89. The highest BCUT2D eigenvalue weighted by atomic mass is 16.6. The van der Waals surface area contributed by atoms with Gasteiger partial charge in [-0.25, -0.2) is 5.43 Å². The molecule has 1 aromatic heterocycles. The van der Waals surface area contributed by atoms with E-state index in [1.165, 1.54) is 18.3 Å². The van der Waals surface area contributed by atoms with Gasteiger partial charge in [-0.1, -0.05) is 18.2 Å².